The van der Waals surface area contributed by atoms with Crippen molar-refractivity contribution in [1.29, 1.82) is 0 Å². The smallest absolute Gasteiger partial charge is 0.243 e. The van der Waals surface area contributed by atoms with E-state index < -0.39 is 0 Å². The van der Waals surface area contributed by atoms with Crippen molar-refractivity contribution in [3.05, 3.63) is 58.1 Å². The molecule has 22 heavy (non-hydrogen) atoms. The zero-order valence-corrected chi connectivity index (χ0v) is 13.5. The monoisotopic (exact) mass is 334 g/mol. The quantitative estimate of drug-likeness (QED) is 0.902. The van der Waals surface area contributed by atoms with E-state index >= 15 is 0 Å². The molecule has 0 aliphatic carbocycles. The standard InChI is InChI=1S/C17H16Cl2N2O/c18-13-7-8-15(14(19)10-13)20-17(22)11-21-9-3-5-12-4-1-2-6-16(12)21/h1-2,4,6-8,10H,3,5,9,11H2,(H,20,22). The molecule has 1 amide bonds. The molecule has 0 saturated carbocycles. The molecule has 114 valence electrons. The van der Waals surface area contributed by atoms with Gasteiger partial charge in [0.15, 0.2) is 0 Å². The average molecular weight is 335 g/mol. The van der Waals surface area contributed by atoms with Crippen LogP contribution in [0.25, 0.3) is 0 Å². The summed E-state index contributed by atoms with van der Waals surface area (Å²) in [5.41, 5.74) is 3.03. The molecule has 3 nitrogen and oxygen atoms in total. The van der Waals surface area contributed by atoms with Crippen LogP contribution in [0.2, 0.25) is 10.0 Å². The first-order valence-electron chi connectivity index (χ1n) is 7.21. The Morgan fingerprint density at radius 2 is 2.00 bits per heavy atom. The number of amides is 1. The highest BCUT2D eigenvalue weighted by Crippen LogP contribution is 2.27. The number of carbonyl (C=O) groups is 1. The van der Waals surface area contributed by atoms with Crippen LogP contribution in [0, 0.1) is 0 Å². The lowest BCUT2D eigenvalue weighted by molar-refractivity contribution is -0.115. The van der Waals surface area contributed by atoms with Gasteiger partial charge in [-0.05, 0) is 42.7 Å². The molecule has 3 rings (SSSR count). The largest absolute Gasteiger partial charge is 0.362 e. The SMILES string of the molecule is O=C(CN1CCCc2ccccc21)Nc1ccc(Cl)cc1Cl. The van der Waals surface area contributed by atoms with Crippen LogP contribution in [0.5, 0.6) is 0 Å². The van der Waals surface area contributed by atoms with E-state index in [2.05, 4.69) is 22.3 Å². The number of nitrogens with one attached hydrogen (secondary N) is 1. The third-order valence-electron chi connectivity index (χ3n) is 3.75. The normalized spacial score (nSPS) is 13.6. The maximum Gasteiger partial charge on any atom is 0.243 e. The molecule has 2 aromatic carbocycles. The number of rotatable bonds is 3. The van der Waals surface area contributed by atoms with E-state index in [9.17, 15) is 4.79 Å². The molecule has 0 bridgehead atoms. The summed E-state index contributed by atoms with van der Waals surface area (Å²) in [7, 11) is 0. The number of halogens is 2. The molecule has 0 saturated heterocycles. The van der Waals surface area contributed by atoms with E-state index in [1.54, 1.807) is 18.2 Å². The predicted octanol–water partition coefficient (Wildman–Crippen LogP) is 4.38. The van der Waals surface area contributed by atoms with E-state index in [-0.39, 0.29) is 5.91 Å². The number of hydrogen-bond acceptors (Lipinski definition) is 2. The van der Waals surface area contributed by atoms with Crippen molar-refractivity contribution < 1.29 is 4.79 Å². The Labute approximate surface area is 139 Å². The second kappa shape index (κ2) is 6.59. The number of anilines is 2. The van der Waals surface area contributed by atoms with Gasteiger partial charge >= 0.3 is 0 Å². The van der Waals surface area contributed by atoms with Crippen LogP contribution in [0.1, 0.15) is 12.0 Å². The molecular formula is C17H16Cl2N2O. The predicted molar refractivity (Wildman–Crippen MR) is 92.1 cm³/mol. The molecule has 0 aromatic heterocycles. The molecule has 0 radical (unpaired) electrons. The summed E-state index contributed by atoms with van der Waals surface area (Å²) in [5.74, 6) is -0.0825. The highest BCUT2D eigenvalue weighted by Gasteiger charge is 2.19. The van der Waals surface area contributed by atoms with Gasteiger partial charge in [0.05, 0.1) is 17.3 Å². The summed E-state index contributed by atoms with van der Waals surface area (Å²) in [4.78, 5) is 14.4. The molecule has 1 aliphatic heterocycles. The number of nitrogens with zero attached hydrogens (tertiary/aromatic N) is 1. The summed E-state index contributed by atoms with van der Waals surface area (Å²) in [6.07, 6.45) is 2.13. The van der Waals surface area contributed by atoms with Gasteiger partial charge in [-0.3, -0.25) is 4.79 Å². The van der Waals surface area contributed by atoms with Gasteiger partial charge in [-0.2, -0.15) is 0 Å². The Bertz CT molecular complexity index is 703. The first-order valence-corrected chi connectivity index (χ1v) is 7.97. The fraction of sp³-hybridized carbons (Fsp3) is 0.235. The Kier molecular flexibility index (Phi) is 4.55. The minimum Gasteiger partial charge on any atom is -0.362 e. The van der Waals surface area contributed by atoms with Crippen molar-refractivity contribution in [3.8, 4) is 0 Å². The van der Waals surface area contributed by atoms with Gasteiger partial charge in [-0.15, -0.1) is 0 Å². The van der Waals surface area contributed by atoms with Crippen molar-refractivity contribution in [2.45, 2.75) is 12.8 Å². The van der Waals surface area contributed by atoms with Gasteiger partial charge in [0.25, 0.3) is 0 Å². The molecule has 0 spiro atoms. The maximum atomic E-state index is 12.3. The fourth-order valence-electron chi connectivity index (χ4n) is 2.73. The van der Waals surface area contributed by atoms with Gasteiger partial charge in [0, 0.05) is 17.3 Å². The number of fused-ring (bicyclic) bond motifs is 1. The summed E-state index contributed by atoms with van der Waals surface area (Å²) in [5, 5.41) is 3.84. The molecular weight excluding hydrogens is 319 g/mol. The highest BCUT2D eigenvalue weighted by atomic mass is 35.5. The third-order valence-corrected chi connectivity index (χ3v) is 4.29. The van der Waals surface area contributed by atoms with Crippen molar-refractivity contribution >= 4 is 40.5 Å². The first kappa shape index (κ1) is 15.2. The Balaban J connectivity index is 1.70. The molecule has 1 N–H and O–H groups in total. The van der Waals surface area contributed by atoms with Gasteiger partial charge in [0.2, 0.25) is 5.91 Å². The molecule has 0 unspecified atom stereocenters. The van der Waals surface area contributed by atoms with Crippen molar-refractivity contribution in [1.82, 2.24) is 0 Å². The number of hydrogen-bond donors (Lipinski definition) is 1. The molecule has 1 aliphatic rings. The zero-order valence-electron chi connectivity index (χ0n) is 12.0. The summed E-state index contributed by atoms with van der Waals surface area (Å²) in [6, 6.07) is 13.3. The van der Waals surface area contributed by atoms with E-state index in [4.69, 9.17) is 23.2 Å². The second-order valence-corrected chi connectivity index (χ2v) is 6.17. The Hall–Kier alpha value is -1.71. The first-order chi connectivity index (χ1) is 10.6. The minimum absolute atomic E-state index is 0.0825. The second-order valence-electron chi connectivity index (χ2n) is 5.33. The van der Waals surface area contributed by atoms with Crippen LogP contribution in [0.4, 0.5) is 11.4 Å². The number of aryl methyl sites for hydroxylation is 1. The average Bonchev–Trinajstić information content (AvgIpc) is 2.50. The van der Waals surface area contributed by atoms with Gasteiger partial charge in [-0.25, -0.2) is 0 Å². The molecule has 2 aromatic rings. The van der Waals surface area contributed by atoms with E-state index in [0.29, 0.717) is 22.3 Å². The molecule has 5 heteroatoms. The topological polar surface area (TPSA) is 32.3 Å². The highest BCUT2D eigenvalue weighted by molar-refractivity contribution is 6.36. The lowest BCUT2D eigenvalue weighted by atomic mass is 10.0. The maximum absolute atomic E-state index is 12.3. The number of carbonyl (C=O) groups excluding carboxylic acids is 1. The number of para-hydroxylation sites is 1. The number of benzene rings is 2. The Morgan fingerprint density at radius 1 is 1.18 bits per heavy atom. The lowest BCUT2D eigenvalue weighted by Crippen LogP contribution is -2.36. The van der Waals surface area contributed by atoms with Crippen LogP contribution in [0.3, 0.4) is 0 Å². The van der Waals surface area contributed by atoms with E-state index in [0.717, 1.165) is 25.1 Å². The van der Waals surface area contributed by atoms with Crippen molar-refractivity contribution in [2.75, 3.05) is 23.3 Å². The Morgan fingerprint density at radius 3 is 2.82 bits per heavy atom. The van der Waals surface area contributed by atoms with E-state index in [1.807, 2.05) is 12.1 Å². The summed E-state index contributed by atoms with van der Waals surface area (Å²) >= 11 is 11.9. The zero-order chi connectivity index (χ0) is 15.5. The lowest BCUT2D eigenvalue weighted by Gasteiger charge is -2.30. The van der Waals surface area contributed by atoms with Crippen molar-refractivity contribution in [3.63, 3.8) is 0 Å². The van der Waals surface area contributed by atoms with Crippen LogP contribution >= 0.6 is 23.2 Å². The summed E-state index contributed by atoms with van der Waals surface area (Å²) in [6.45, 7) is 1.20. The van der Waals surface area contributed by atoms with Crippen molar-refractivity contribution in [2.24, 2.45) is 0 Å². The van der Waals surface area contributed by atoms with Crippen LogP contribution < -0.4 is 10.2 Å². The van der Waals surface area contributed by atoms with Gasteiger partial charge in [-0.1, -0.05) is 41.4 Å². The van der Waals surface area contributed by atoms with Crippen LogP contribution in [-0.2, 0) is 11.2 Å². The van der Waals surface area contributed by atoms with E-state index in [1.165, 1.54) is 5.56 Å². The third kappa shape index (κ3) is 3.37. The fourth-order valence-corrected chi connectivity index (χ4v) is 3.19. The molecule has 0 fully saturated rings. The minimum atomic E-state index is -0.0825. The van der Waals surface area contributed by atoms with Crippen LogP contribution in [0.15, 0.2) is 42.5 Å². The van der Waals surface area contributed by atoms with Crippen LogP contribution in [-0.4, -0.2) is 19.0 Å². The summed E-state index contributed by atoms with van der Waals surface area (Å²) < 4.78 is 0. The van der Waals surface area contributed by atoms with Gasteiger partial charge in [0.1, 0.15) is 0 Å². The molecule has 1 heterocycles. The molecule has 0 atom stereocenters. The van der Waals surface area contributed by atoms with Gasteiger partial charge < -0.3 is 10.2 Å².